The lowest BCUT2D eigenvalue weighted by molar-refractivity contribution is 0.830. The molecule has 3 heterocycles. The second-order valence-corrected chi connectivity index (χ2v) is 6.39. The molecule has 0 saturated carbocycles. The molecule has 0 aliphatic carbocycles. The van der Waals surface area contributed by atoms with Gasteiger partial charge < -0.3 is 4.57 Å². The number of fused-ring (bicyclic) bond motifs is 1. The van der Waals surface area contributed by atoms with Gasteiger partial charge in [0, 0.05) is 29.8 Å². The van der Waals surface area contributed by atoms with E-state index in [0.29, 0.717) is 21.7 Å². The standard InChI is InChI=1S/C17H14N4O2S/c1-10-15-12(8-14(22)20(10)2)19-21(16(15)23)17-18-13(9-24-17)11-6-4-3-5-7-11/h3-9,19H,1-2H3. The largest absolute Gasteiger partial charge is 0.315 e. The van der Waals surface area contributed by atoms with Crippen LogP contribution < -0.4 is 11.1 Å². The van der Waals surface area contributed by atoms with Gasteiger partial charge in [-0.1, -0.05) is 30.3 Å². The zero-order valence-corrected chi connectivity index (χ0v) is 13.9. The van der Waals surface area contributed by atoms with Gasteiger partial charge in [0.1, 0.15) is 0 Å². The highest BCUT2D eigenvalue weighted by Crippen LogP contribution is 2.23. The number of nitrogens with zero attached hydrogens (tertiary/aromatic N) is 3. The first-order valence-electron chi connectivity index (χ1n) is 7.39. The van der Waals surface area contributed by atoms with Crippen molar-refractivity contribution in [1.82, 2.24) is 19.3 Å². The smallest absolute Gasteiger partial charge is 0.282 e. The molecule has 6 nitrogen and oxygen atoms in total. The van der Waals surface area contributed by atoms with E-state index in [1.807, 2.05) is 35.7 Å². The summed E-state index contributed by atoms with van der Waals surface area (Å²) in [5.74, 6) is 0. The highest BCUT2D eigenvalue weighted by atomic mass is 32.1. The fourth-order valence-electron chi connectivity index (χ4n) is 2.70. The quantitative estimate of drug-likeness (QED) is 0.610. The fraction of sp³-hybridized carbons (Fsp3) is 0.118. The first kappa shape index (κ1) is 14.6. The summed E-state index contributed by atoms with van der Waals surface area (Å²) in [6.45, 7) is 1.76. The van der Waals surface area contributed by atoms with E-state index in [9.17, 15) is 9.59 Å². The third-order valence-corrected chi connectivity index (χ3v) is 4.96. The van der Waals surface area contributed by atoms with Gasteiger partial charge in [0.25, 0.3) is 11.1 Å². The number of nitrogens with one attached hydrogen (secondary N) is 1. The molecule has 3 aromatic heterocycles. The van der Waals surface area contributed by atoms with Gasteiger partial charge in [0.15, 0.2) is 0 Å². The van der Waals surface area contributed by atoms with E-state index in [4.69, 9.17) is 0 Å². The van der Waals surface area contributed by atoms with Crippen LogP contribution in [0.1, 0.15) is 5.69 Å². The zero-order chi connectivity index (χ0) is 16.8. The Kier molecular flexibility index (Phi) is 3.24. The maximum Gasteiger partial charge on any atom is 0.282 e. The molecule has 1 aromatic carbocycles. The van der Waals surface area contributed by atoms with Gasteiger partial charge in [-0.05, 0) is 6.92 Å². The molecule has 1 N–H and O–H groups in total. The molecule has 0 spiro atoms. The second kappa shape index (κ2) is 5.31. The number of benzene rings is 1. The number of rotatable bonds is 2. The van der Waals surface area contributed by atoms with Crippen LogP contribution in [-0.4, -0.2) is 19.3 Å². The van der Waals surface area contributed by atoms with Crippen molar-refractivity contribution in [3.05, 3.63) is 68.2 Å². The van der Waals surface area contributed by atoms with Gasteiger partial charge >= 0.3 is 0 Å². The molecule has 4 rings (SSSR count). The summed E-state index contributed by atoms with van der Waals surface area (Å²) in [4.78, 5) is 29.2. The Labute approximate surface area is 140 Å². The summed E-state index contributed by atoms with van der Waals surface area (Å²) in [5, 5.41) is 5.96. The van der Waals surface area contributed by atoms with Crippen molar-refractivity contribution in [2.75, 3.05) is 0 Å². The summed E-state index contributed by atoms with van der Waals surface area (Å²) < 4.78 is 2.87. The normalized spacial score (nSPS) is 11.2. The van der Waals surface area contributed by atoms with Crippen LogP contribution in [-0.2, 0) is 7.05 Å². The number of aromatic amines is 1. The maximum atomic E-state index is 12.7. The molecule has 0 saturated heterocycles. The average molecular weight is 338 g/mol. The van der Waals surface area contributed by atoms with Gasteiger partial charge in [-0.3, -0.25) is 14.7 Å². The van der Waals surface area contributed by atoms with Crippen LogP contribution in [0.5, 0.6) is 0 Å². The van der Waals surface area contributed by atoms with E-state index in [2.05, 4.69) is 10.1 Å². The number of aromatic nitrogens is 4. The van der Waals surface area contributed by atoms with Crippen molar-refractivity contribution in [3.63, 3.8) is 0 Å². The molecule has 0 amide bonds. The van der Waals surface area contributed by atoms with E-state index >= 15 is 0 Å². The molecule has 0 aliphatic rings. The van der Waals surface area contributed by atoms with Crippen molar-refractivity contribution in [2.24, 2.45) is 7.05 Å². The highest BCUT2D eigenvalue weighted by Gasteiger charge is 2.16. The van der Waals surface area contributed by atoms with Crippen molar-refractivity contribution >= 4 is 22.2 Å². The Hall–Kier alpha value is -2.93. The molecule has 0 radical (unpaired) electrons. The predicted octanol–water partition coefficient (Wildman–Crippen LogP) is 2.45. The van der Waals surface area contributed by atoms with E-state index in [1.165, 1.54) is 26.7 Å². The molecule has 4 aromatic rings. The molecular formula is C17H14N4O2S. The Bertz CT molecular complexity index is 1160. The summed E-state index contributed by atoms with van der Waals surface area (Å²) >= 11 is 1.38. The predicted molar refractivity (Wildman–Crippen MR) is 95.0 cm³/mol. The van der Waals surface area contributed by atoms with Gasteiger partial charge in [0.05, 0.1) is 16.6 Å². The third-order valence-electron chi connectivity index (χ3n) is 4.13. The summed E-state index contributed by atoms with van der Waals surface area (Å²) in [5.41, 5.74) is 2.61. The first-order valence-corrected chi connectivity index (χ1v) is 8.27. The lowest BCUT2D eigenvalue weighted by Gasteiger charge is -2.01. The van der Waals surface area contributed by atoms with Crippen LogP contribution in [0.2, 0.25) is 0 Å². The third kappa shape index (κ3) is 2.13. The van der Waals surface area contributed by atoms with Crippen molar-refractivity contribution in [3.8, 4) is 16.4 Å². The first-order chi connectivity index (χ1) is 11.6. The Morgan fingerprint density at radius 2 is 1.92 bits per heavy atom. The number of pyridine rings is 1. The lowest BCUT2D eigenvalue weighted by Crippen LogP contribution is -2.20. The van der Waals surface area contributed by atoms with Gasteiger partial charge in [-0.25, -0.2) is 4.98 Å². The molecule has 0 atom stereocenters. The molecule has 0 aliphatic heterocycles. The van der Waals surface area contributed by atoms with Crippen LogP contribution >= 0.6 is 11.3 Å². The molecule has 7 heteroatoms. The second-order valence-electron chi connectivity index (χ2n) is 5.55. The van der Waals surface area contributed by atoms with Crippen LogP contribution in [0.25, 0.3) is 27.3 Å². The van der Waals surface area contributed by atoms with Crippen molar-refractivity contribution in [2.45, 2.75) is 6.92 Å². The van der Waals surface area contributed by atoms with Crippen LogP contribution in [0.15, 0.2) is 51.4 Å². The van der Waals surface area contributed by atoms with Crippen LogP contribution in [0.3, 0.4) is 0 Å². The molecule has 0 unspecified atom stereocenters. The fourth-order valence-corrected chi connectivity index (χ4v) is 3.50. The molecule has 0 bridgehead atoms. The summed E-state index contributed by atoms with van der Waals surface area (Å²) in [6.07, 6.45) is 0. The minimum absolute atomic E-state index is 0.155. The van der Waals surface area contributed by atoms with Crippen molar-refractivity contribution < 1.29 is 0 Å². The van der Waals surface area contributed by atoms with E-state index < -0.39 is 0 Å². The SMILES string of the molecule is Cc1c2c(=O)n(-c3nc(-c4ccccc4)cs3)[nH]c2cc(=O)n1C. The summed E-state index contributed by atoms with van der Waals surface area (Å²) in [6, 6.07) is 11.2. The summed E-state index contributed by atoms with van der Waals surface area (Å²) in [7, 11) is 1.66. The monoisotopic (exact) mass is 338 g/mol. The number of thiazole rings is 1. The molecular weight excluding hydrogens is 324 g/mol. The van der Waals surface area contributed by atoms with Crippen LogP contribution in [0.4, 0.5) is 0 Å². The van der Waals surface area contributed by atoms with Gasteiger partial charge in [-0.2, -0.15) is 4.68 Å². The molecule has 120 valence electrons. The minimum atomic E-state index is -0.202. The molecule has 24 heavy (non-hydrogen) atoms. The lowest BCUT2D eigenvalue weighted by atomic mass is 10.2. The molecule has 0 fully saturated rings. The Balaban J connectivity index is 1.91. The highest BCUT2D eigenvalue weighted by molar-refractivity contribution is 7.12. The van der Waals surface area contributed by atoms with E-state index in [0.717, 1.165) is 11.3 Å². The number of hydrogen-bond acceptors (Lipinski definition) is 4. The number of aryl methyl sites for hydroxylation is 1. The topological polar surface area (TPSA) is 72.7 Å². The van der Waals surface area contributed by atoms with E-state index in [1.54, 1.807) is 14.0 Å². The number of H-pyrrole nitrogens is 1. The maximum absolute atomic E-state index is 12.7. The minimum Gasteiger partial charge on any atom is -0.315 e. The Morgan fingerprint density at radius 3 is 2.67 bits per heavy atom. The van der Waals surface area contributed by atoms with Crippen LogP contribution in [0, 0.1) is 6.92 Å². The van der Waals surface area contributed by atoms with Crippen molar-refractivity contribution in [1.29, 1.82) is 0 Å². The van der Waals surface area contributed by atoms with E-state index in [-0.39, 0.29) is 11.1 Å². The zero-order valence-electron chi connectivity index (χ0n) is 13.1. The average Bonchev–Trinajstić information content (AvgIpc) is 3.19. The number of hydrogen-bond donors (Lipinski definition) is 1. The Morgan fingerprint density at radius 1 is 1.17 bits per heavy atom. The van der Waals surface area contributed by atoms with Gasteiger partial charge in [-0.15, -0.1) is 11.3 Å². The van der Waals surface area contributed by atoms with Gasteiger partial charge in [0.2, 0.25) is 5.13 Å².